The average molecular weight is 385 g/mol. The van der Waals surface area contributed by atoms with Gasteiger partial charge >= 0.3 is 0 Å². The van der Waals surface area contributed by atoms with E-state index in [9.17, 15) is 4.79 Å². The smallest absolute Gasteiger partial charge is 0.279 e. The highest BCUT2D eigenvalue weighted by atomic mass is 35.5. The van der Waals surface area contributed by atoms with Crippen LogP contribution in [-0.4, -0.2) is 17.1 Å². The van der Waals surface area contributed by atoms with E-state index in [1.54, 1.807) is 24.3 Å². The summed E-state index contributed by atoms with van der Waals surface area (Å²) in [5, 5.41) is 0.658. The first kappa shape index (κ1) is 18.2. The molecule has 0 atom stereocenters. The van der Waals surface area contributed by atoms with Crippen molar-refractivity contribution in [2.24, 2.45) is 4.99 Å². The summed E-state index contributed by atoms with van der Waals surface area (Å²) in [5.41, 5.74) is 2.33. The van der Waals surface area contributed by atoms with Crippen LogP contribution in [0.1, 0.15) is 22.8 Å². The first-order valence-corrected chi connectivity index (χ1v) is 9.28. The maximum absolute atomic E-state index is 12.6. The van der Waals surface area contributed by atoms with Crippen molar-refractivity contribution in [2.75, 3.05) is 6.61 Å². The molecule has 0 fully saturated rings. The molecule has 0 saturated carbocycles. The van der Waals surface area contributed by atoms with Gasteiger partial charge in [-0.25, -0.2) is 0 Å². The Hall–Kier alpha value is -2.55. The van der Waals surface area contributed by atoms with Crippen LogP contribution in [0.4, 0.5) is 0 Å². The Bertz CT molecular complexity index is 1070. The fourth-order valence-electron chi connectivity index (χ4n) is 2.65. The molecule has 1 heterocycles. The van der Waals surface area contributed by atoms with Crippen LogP contribution >= 0.6 is 22.9 Å². The fourth-order valence-corrected chi connectivity index (χ4v) is 3.89. The monoisotopic (exact) mass is 384 g/mol. The number of benzene rings is 2. The minimum atomic E-state index is -0.325. The largest absolute Gasteiger partial charge is 0.494 e. The van der Waals surface area contributed by atoms with E-state index < -0.39 is 0 Å². The molecular weight excluding hydrogens is 368 g/mol. The SMILES string of the molecule is C#CCn1c(=NC(=O)c2ccc(OCC)cc2)sc2ccc(Cl)c(C)c21. The van der Waals surface area contributed by atoms with Gasteiger partial charge in [0, 0.05) is 10.6 Å². The molecule has 1 amide bonds. The first-order chi connectivity index (χ1) is 12.5. The number of carbonyl (C=O) groups is 1. The summed E-state index contributed by atoms with van der Waals surface area (Å²) in [6.07, 6.45) is 5.52. The second-order valence-corrected chi connectivity index (χ2v) is 6.98. The number of ether oxygens (including phenoxy) is 1. The van der Waals surface area contributed by atoms with E-state index in [4.69, 9.17) is 22.8 Å². The van der Waals surface area contributed by atoms with Gasteiger partial charge in [-0.15, -0.1) is 6.42 Å². The Labute approximate surface area is 160 Å². The molecule has 0 aliphatic carbocycles. The number of halogens is 1. The van der Waals surface area contributed by atoms with Gasteiger partial charge < -0.3 is 9.30 Å². The number of rotatable bonds is 4. The summed E-state index contributed by atoms with van der Waals surface area (Å²) in [4.78, 5) is 17.4. The summed E-state index contributed by atoms with van der Waals surface area (Å²) in [5.74, 6) is 3.02. The Morgan fingerprint density at radius 2 is 2.04 bits per heavy atom. The van der Waals surface area contributed by atoms with E-state index in [-0.39, 0.29) is 5.91 Å². The number of terminal acetylenes is 1. The van der Waals surface area contributed by atoms with Gasteiger partial charge in [0.1, 0.15) is 5.75 Å². The van der Waals surface area contributed by atoms with Crippen LogP contribution in [0, 0.1) is 19.3 Å². The molecule has 3 rings (SSSR count). The highest BCUT2D eigenvalue weighted by Crippen LogP contribution is 2.27. The average Bonchev–Trinajstić information content (AvgIpc) is 2.97. The van der Waals surface area contributed by atoms with Crippen LogP contribution in [0.25, 0.3) is 10.2 Å². The van der Waals surface area contributed by atoms with Crippen LogP contribution in [0.5, 0.6) is 5.75 Å². The standard InChI is InChI=1S/C20H17ClN2O2S/c1-4-12-23-18-13(3)16(21)10-11-17(18)26-20(23)22-19(24)14-6-8-15(9-7-14)25-5-2/h1,6-11H,5,12H2,2-3H3. The Morgan fingerprint density at radius 3 is 2.69 bits per heavy atom. The van der Waals surface area contributed by atoms with Crippen LogP contribution in [-0.2, 0) is 6.54 Å². The number of aromatic nitrogens is 1. The van der Waals surface area contributed by atoms with Crippen molar-refractivity contribution in [3.63, 3.8) is 0 Å². The molecule has 0 unspecified atom stereocenters. The number of thiazole rings is 1. The zero-order valence-corrected chi connectivity index (χ0v) is 16.0. The van der Waals surface area contributed by atoms with E-state index in [1.807, 2.05) is 30.5 Å². The molecule has 0 aliphatic rings. The summed E-state index contributed by atoms with van der Waals surface area (Å²) >= 11 is 7.66. The minimum Gasteiger partial charge on any atom is -0.494 e. The van der Waals surface area contributed by atoms with Gasteiger partial charge in [-0.2, -0.15) is 4.99 Å². The van der Waals surface area contributed by atoms with Crippen LogP contribution in [0.15, 0.2) is 41.4 Å². The number of fused-ring (bicyclic) bond motifs is 1. The number of hydrogen-bond donors (Lipinski definition) is 0. The molecule has 3 aromatic rings. The zero-order chi connectivity index (χ0) is 18.7. The predicted molar refractivity (Wildman–Crippen MR) is 106 cm³/mol. The fraction of sp³-hybridized carbons (Fsp3) is 0.200. The molecule has 4 nitrogen and oxygen atoms in total. The summed E-state index contributed by atoms with van der Waals surface area (Å²) in [6.45, 7) is 4.74. The Kier molecular flexibility index (Phi) is 5.46. The maximum atomic E-state index is 12.6. The lowest BCUT2D eigenvalue weighted by Gasteiger charge is -2.05. The predicted octanol–water partition coefficient (Wildman–Crippen LogP) is 4.44. The summed E-state index contributed by atoms with van der Waals surface area (Å²) < 4.78 is 8.24. The number of hydrogen-bond acceptors (Lipinski definition) is 3. The molecule has 26 heavy (non-hydrogen) atoms. The Morgan fingerprint density at radius 1 is 1.31 bits per heavy atom. The first-order valence-electron chi connectivity index (χ1n) is 8.09. The highest BCUT2D eigenvalue weighted by Gasteiger charge is 2.12. The quantitative estimate of drug-likeness (QED) is 0.624. The van der Waals surface area contributed by atoms with E-state index >= 15 is 0 Å². The number of aryl methyl sites for hydroxylation is 1. The molecule has 2 aromatic carbocycles. The second kappa shape index (κ2) is 7.77. The molecule has 0 aliphatic heterocycles. The molecule has 0 N–H and O–H groups in total. The van der Waals surface area contributed by atoms with E-state index in [0.717, 1.165) is 21.5 Å². The molecule has 0 saturated heterocycles. The lowest BCUT2D eigenvalue weighted by Crippen LogP contribution is -2.17. The van der Waals surface area contributed by atoms with Crippen molar-refractivity contribution >= 4 is 39.1 Å². The van der Waals surface area contributed by atoms with E-state index in [2.05, 4.69) is 10.9 Å². The van der Waals surface area contributed by atoms with Gasteiger partial charge in [-0.1, -0.05) is 28.9 Å². The minimum absolute atomic E-state index is 0.316. The van der Waals surface area contributed by atoms with Gasteiger partial charge in [-0.05, 0) is 55.8 Å². The number of carbonyl (C=O) groups excluding carboxylic acids is 1. The number of nitrogens with zero attached hydrogens (tertiary/aromatic N) is 2. The third-order valence-electron chi connectivity index (χ3n) is 3.89. The lowest BCUT2D eigenvalue weighted by molar-refractivity contribution is 0.0998. The molecule has 0 spiro atoms. The van der Waals surface area contributed by atoms with Crippen molar-refractivity contribution in [2.45, 2.75) is 20.4 Å². The number of amides is 1. The third kappa shape index (κ3) is 3.52. The van der Waals surface area contributed by atoms with E-state index in [0.29, 0.717) is 28.5 Å². The van der Waals surface area contributed by atoms with Crippen molar-refractivity contribution < 1.29 is 9.53 Å². The third-order valence-corrected chi connectivity index (χ3v) is 5.34. The molecule has 0 bridgehead atoms. The topological polar surface area (TPSA) is 43.6 Å². The van der Waals surface area contributed by atoms with Gasteiger partial charge in [0.15, 0.2) is 4.80 Å². The van der Waals surface area contributed by atoms with Gasteiger partial charge in [0.25, 0.3) is 5.91 Å². The van der Waals surface area contributed by atoms with E-state index in [1.165, 1.54) is 11.3 Å². The summed E-state index contributed by atoms with van der Waals surface area (Å²) in [6, 6.07) is 10.7. The van der Waals surface area contributed by atoms with Gasteiger partial charge in [0.2, 0.25) is 0 Å². The van der Waals surface area contributed by atoms with Crippen molar-refractivity contribution in [3.8, 4) is 18.1 Å². The second-order valence-electron chi connectivity index (χ2n) is 5.57. The molecule has 132 valence electrons. The van der Waals surface area contributed by atoms with Crippen molar-refractivity contribution in [1.29, 1.82) is 0 Å². The summed E-state index contributed by atoms with van der Waals surface area (Å²) in [7, 11) is 0. The van der Waals surface area contributed by atoms with Crippen molar-refractivity contribution in [3.05, 3.63) is 57.3 Å². The van der Waals surface area contributed by atoms with Crippen LogP contribution in [0.2, 0.25) is 5.02 Å². The lowest BCUT2D eigenvalue weighted by atomic mass is 10.2. The van der Waals surface area contributed by atoms with Gasteiger partial charge in [0.05, 0.1) is 23.4 Å². The molecular formula is C20H17ClN2O2S. The molecule has 0 radical (unpaired) electrons. The van der Waals surface area contributed by atoms with Crippen LogP contribution < -0.4 is 9.54 Å². The maximum Gasteiger partial charge on any atom is 0.279 e. The van der Waals surface area contributed by atoms with Crippen LogP contribution in [0.3, 0.4) is 0 Å². The Balaban J connectivity index is 2.09. The normalized spacial score (nSPS) is 11.5. The molecule has 1 aromatic heterocycles. The zero-order valence-electron chi connectivity index (χ0n) is 14.5. The highest BCUT2D eigenvalue weighted by molar-refractivity contribution is 7.16. The van der Waals surface area contributed by atoms with Crippen molar-refractivity contribution in [1.82, 2.24) is 4.57 Å². The molecule has 6 heteroatoms. The van der Waals surface area contributed by atoms with Gasteiger partial charge in [-0.3, -0.25) is 4.79 Å².